The molecule has 0 aliphatic carbocycles. The van der Waals surface area contributed by atoms with E-state index in [1.54, 1.807) is 6.07 Å². The van der Waals surface area contributed by atoms with Gasteiger partial charge in [-0.25, -0.2) is 0 Å². The Morgan fingerprint density at radius 1 is 0.914 bits per heavy atom. The fourth-order valence-electron chi connectivity index (χ4n) is 4.25. The third kappa shape index (κ3) is 8.84. The van der Waals surface area contributed by atoms with E-state index in [9.17, 15) is 9.59 Å². The number of rotatable bonds is 14. The molecule has 0 bridgehead atoms. The first kappa shape index (κ1) is 28.1. The highest BCUT2D eigenvalue weighted by Crippen LogP contribution is 2.36. The van der Waals surface area contributed by atoms with Gasteiger partial charge in [-0.05, 0) is 63.9 Å². The number of carbonyl (C=O) groups excluding carboxylic acids is 2. The van der Waals surface area contributed by atoms with Crippen LogP contribution in [0.15, 0.2) is 73.8 Å². The molecule has 0 saturated heterocycles. The molecule has 0 aliphatic rings. The second-order valence-electron chi connectivity index (χ2n) is 9.17. The summed E-state index contributed by atoms with van der Waals surface area (Å²) in [4.78, 5) is 26.7. The Balaban J connectivity index is 2.48. The van der Waals surface area contributed by atoms with Crippen LogP contribution in [-0.4, -0.2) is 35.5 Å². The maximum absolute atomic E-state index is 12.4. The zero-order valence-corrected chi connectivity index (χ0v) is 21.5. The van der Waals surface area contributed by atoms with E-state index in [0.717, 1.165) is 29.7 Å². The van der Waals surface area contributed by atoms with Gasteiger partial charge in [-0.15, -0.1) is 13.2 Å². The minimum atomic E-state index is -0.357. The van der Waals surface area contributed by atoms with Crippen molar-refractivity contribution in [2.75, 3.05) is 6.54 Å². The third-order valence-electron chi connectivity index (χ3n) is 5.90. The normalized spacial score (nSPS) is 12.0. The summed E-state index contributed by atoms with van der Waals surface area (Å²) >= 11 is 0. The van der Waals surface area contributed by atoms with Crippen LogP contribution in [-0.2, 0) is 20.9 Å². The van der Waals surface area contributed by atoms with Crippen molar-refractivity contribution >= 4 is 11.9 Å². The minimum Gasteiger partial charge on any atom is -0.461 e. The summed E-state index contributed by atoms with van der Waals surface area (Å²) in [5.41, 5.74) is 2.88. The molecule has 1 unspecified atom stereocenters. The number of hydrogen-bond acceptors (Lipinski definition) is 5. The zero-order valence-electron chi connectivity index (χ0n) is 21.5. The fraction of sp³-hybridized carbons (Fsp3) is 0.400. The van der Waals surface area contributed by atoms with Crippen LogP contribution < -0.4 is 4.74 Å². The monoisotopic (exact) mass is 477 g/mol. The molecule has 5 nitrogen and oxygen atoms in total. The van der Waals surface area contributed by atoms with E-state index in [1.807, 2.05) is 30.3 Å². The molecular formula is C30H39NO4. The van der Waals surface area contributed by atoms with Gasteiger partial charge in [-0.2, -0.15) is 0 Å². The van der Waals surface area contributed by atoms with Crippen LogP contribution in [0.4, 0.5) is 0 Å². The van der Waals surface area contributed by atoms with E-state index < -0.39 is 0 Å². The highest BCUT2D eigenvalue weighted by Gasteiger charge is 2.23. The predicted octanol–water partition coefficient (Wildman–Crippen LogP) is 6.43. The first-order valence-electron chi connectivity index (χ1n) is 12.3. The van der Waals surface area contributed by atoms with E-state index in [-0.39, 0.29) is 37.3 Å². The Labute approximate surface area is 210 Å². The van der Waals surface area contributed by atoms with E-state index >= 15 is 0 Å². The molecule has 2 rings (SSSR count). The van der Waals surface area contributed by atoms with Crippen molar-refractivity contribution in [3.8, 4) is 5.75 Å². The third-order valence-corrected chi connectivity index (χ3v) is 5.90. The molecule has 0 fully saturated rings. The number of benzene rings is 2. The maximum Gasteiger partial charge on any atom is 0.315 e. The SMILES string of the molecule is C=CCC(=O)OCc1ccc(OC(=O)CC=C)c(C(CCN(C(C)C)C(C)C)c2ccccc2)c1. The Hall–Kier alpha value is -3.18. The van der Waals surface area contributed by atoms with Gasteiger partial charge in [0.15, 0.2) is 0 Å². The largest absolute Gasteiger partial charge is 0.461 e. The smallest absolute Gasteiger partial charge is 0.315 e. The number of esters is 2. The lowest BCUT2D eigenvalue weighted by molar-refractivity contribution is -0.143. The summed E-state index contributed by atoms with van der Waals surface area (Å²) in [6.45, 7) is 17.1. The van der Waals surface area contributed by atoms with Crippen molar-refractivity contribution in [1.29, 1.82) is 0 Å². The van der Waals surface area contributed by atoms with Gasteiger partial charge < -0.3 is 9.47 Å². The maximum atomic E-state index is 12.4. The highest BCUT2D eigenvalue weighted by molar-refractivity contribution is 5.74. The van der Waals surface area contributed by atoms with Crippen molar-refractivity contribution in [2.24, 2.45) is 0 Å². The average Bonchev–Trinajstić information content (AvgIpc) is 2.82. The number of carbonyl (C=O) groups is 2. The first-order chi connectivity index (χ1) is 16.8. The van der Waals surface area contributed by atoms with Gasteiger partial charge in [0.05, 0.1) is 12.8 Å². The second kappa shape index (κ2) is 14.3. The molecule has 188 valence electrons. The molecule has 1 atom stereocenters. The lowest BCUT2D eigenvalue weighted by atomic mass is 9.86. The number of hydrogen-bond donors (Lipinski definition) is 0. The molecule has 2 aromatic rings. The van der Waals surface area contributed by atoms with Gasteiger partial charge >= 0.3 is 11.9 Å². The number of nitrogens with zero attached hydrogens (tertiary/aromatic N) is 1. The molecule has 35 heavy (non-hydrogen) atoms. The van der Waals surface area contributed by atoms with Crippen molar-refractivity contribution in [1.82, 2.24) is 4.90 Å². The van der Waals surface area contributed by atoms with E-state index in [4.69, 9.17) is 9.47 Å². The van der Waals surface area contributed by atoms with Crippen LogP contribution in [0.3, 0.4) is 0 Å². The zero-order chi connectivity index (χ0) is 25.8. The van der Waals surface area contributed by atoms with Gasteiger partial charge in [0.1, 0.15) is 12.4 Å². The first-order valence-corrected chi connectivity index (χ1v) is 12.3. The number of ether oxygens (including phenoxy) is 2. The van der Waals surface area contributed by atoms with E-state index in [2.05, 4.69) is 57.9 Å². The average molecular weight is 478 g/mol. The standard InChI is InChI=1S/C30H39NO4/c1-7-12-29(32)34-21-24-16-17-28(35-30(33)13-8-2)27(20-24)26(25-14-10-9-11-15-25)18-19-31(22(3)4)23(5)6/h7-11,14-17,20,22-23,26H,1-2,12-13,18-19,21H2,3-6H3. The Kier molecular flexibility index (Phi) is 11.4. The van der Waals surface area contributed by atoms with Crippen LogP contribution >= 0.6 is 0 Å². The molecule has 0 heterocycles. The van der Waals surface area contributed by atoms with Gasteiger partial charge in [-0.3, -0.25) is 14.5 Å². The van der Waals surface area contributed by atoms with Gasteiger partial charge in [0.25, 0.3) is 0 Å². The van der Waals surface area contributed by atoms with Crippen LogP contribution in [0.5, 0.6) is 5.75 Å². The molecule has 5 heteroatoms. The lowest BCUT2D eigenvalue weighted by Gasteiger charge is -2.32. The Morgan fingerprint density at radius 2 is 1.54 bits per heavy atom. The lowest BCUT2D eigenvalue weighted by Crippen LogP contribution is -2.38. The molecular weight excluding hydrogens is 438 g/mol. The van der Waals surface area contributed by atoms with Crippen LogP contribution in [0, 0.1) is 0 Å². The van der Waals surface area contributed by atoms with Gasteiger partial charge in [0, 0.05) is 23.6 Å². The molecule has 0 spiro atoms. The summed E-state index contributed by atoms with van der Waals surface area (Å²) in [7, 11) is 0. The van der Waals surface area contributed by atoms with Crippen molar-refractivity contribution < 1.29 is 19.1 Å². The molecule has 2 aromatic carbocycles. The van der Waals surface area contributed by atoms with Crippen LogP contribution in [0.2, 0.25) is 0 Å². The van der Waals surface area contributed by atoms with Crippen molar-refractivity contribution in [2.45, 2.75) is 71.6 Å². The van der Waals surface area contributed by atoms with Gasteiger partial charge in [-0.1, -0.05) is 48.6 Å². The fourth-order valence-corrected chi connectivity index (χ4v) is 4.25. The van der Waals surface area contributed by atoms with Gasteiger partial charge in [0.2, 0.25) is 0 Å². The summed E-state index contributed by atoms with van der Waals surface area (Å²) < 4.78 is 11.2. The quantitative estimate of drug-likeness (QED) is 0.178. The summed E-state index contributed by atoms with van der Waals surface area (Å²) in [6.07, 6.45) is 4.19. The highest BCUT2D eigenvalue weighted by atomic mass is 16.5. The molecule has 0 aliphatic heterocycles. The molecule has 0 radical (unpaired) electrons. The topological polar surface area (TPSA) is 55.8 Å². The Morgan fingerprint density at radius 3 is 2.14 bits per heavy atom. The molecule has 0 amide bonds. The van der Waals surface area contributed by atoms with Crippen molar-refractivity contribution in [3.05, 3.63) is 90.5 Å². The van der Waals surface area contributed by atoms with E-state index in [0.29, 0.717) is 17.8 Å². The second-order valence-corrected chi connectivity index (χ2v) is 9.17. The van der Waals surface area contributed by atoms with Crippen LogP contribution in [0.1, 0.15) is 69.6 Å². The molecule has 0 N–H and O–H groups in total. The summed E-state index contributed by atoms with van der Waals surface area (Å²) in [5, 5.41) is 0. The molecule has 0 saturated carbocycles. The van der Waals surface area contributed by atoms with Crippen molar-refractivity contribution in [3.63, 3.8) is 0 Å². The van der Waals surface area contributed by atoms with Crippen LogP contribution in [0.25, 0.3) is 0 Å². The summed E-state index contributed by atoms with van der Waals surface area (Å²) in [5.74, 6) is -0.171. The van der Waals surface area contributed by atoms with E-state index in [1.165, 1.54) is 12.2 Å². The molecule has 0 aromatic heterocycles. The Bertz CT molecular complexity index is 973. The predicted molar refractivity (Wildman–Crippen MR) is 141 cm³/mol. The minimum absolute atomic E-state index is 0.00782. The summed E-state index contributed by atoms with van der Waals surface area (Å²) in [6, 6.07) is 16.7.